The minimum atomic E-state index is 0.465. The Balaban J connectivity index is 1.62. The Morgan fingerprint density at radius 1 is 0.952 bits per heavy atom. The third-order valence-electron chi connectivity index (χ3n) is 4.25. The molecule has 2 aromatic carbocycles. The molecule has 3 aromatic rings. The number of aryl methyl sites for hydroxylation is 1. The third-order valence-corrected chi connectivity index (χ3v) is 4.25. The zero-order valence-electron chi connectivity index (χ0n) is 11.8. The number of benzene rings is 2. The average molecular weight is 275 g/mol. The zero-order chi connectivity index (χ0) is 14.1. The van der Waals surface area contributed by atoms with Gasteiger partial charge in [-0.3, -0.25) is 0 Å². The molecule has 0 radical (unpaired) electrons. The lowest BCUT2D eigenvalue weighted by molar-refractivity contribution is 0.611. The molecule has 104 valence electrons. The Labute approximate surface area is 124 Å². The molecule has 0 saturated heterocycles. The van der Waals surface area contributed by atoms with Gasteiger partial charge in [0.1, 0.15) is 0 Å². The number of rotatable bonds is 2. The molecular weight excluding hydrogens is 258 g/mol. The van der Waals surface area contributed by atoms with Crippen molar-refractivity contribution in [2.75, 3.05) is 5.32 Å². The molecule has 1 aromatic heterocycles. The highest BCUT2D eigenvalue weighted by atomic mass is 15.1. The van der Waals surface area contributed by atoms with E-state index in [0.29, 0.717) is 6.04 Å². The summed E-state index contributed by atoms with van der Waals surface area (Å²) in [6, 6.07) is 17.4. The lowest BCUT2D eigenvalue weighted by Gasteiger charge is -2.26. The quantitative estimate of drug-likeness (QED) is 0.776. The molecule has 0 amide bonds. The van der Waals surface area contributed by atoms with Crippen molar-refractivity contribution in [3.63, 3.8) is 0 Å². The van der Waals surface area contributed by atoms with E-state index in [4.69, 9.17) is 0 Å². The Morgan fingerprint density at radius 3 is 2.71 bits per heavy atom. The van der Waals surface area contributed by atoms with Crippen molar-refractivity contribution in [2.24, 2.45) is 0 Å². The first kappa shape index (κ1) is 12.3. The predicted octanol–water partition coefficient (Wildman–Crippen LogP) is 3.60. The summed E-state index contributed by atoms with van der Waals surface area (Å²) >= 11 is 0. The van der Waals surface area contributed by atoms with Crippen molar-refractivity contribution >= 4 is 16.6 Å². The molecule has 1 heterocycles. The van der Waals surface area contributed by atoms with Gasteiger partial charge in [0.25, 0.3) is 0 Å². The highest BCUT2D eigenvalue weighted by molar-refractivity contribution is 5.90. The molecule has 1 N–H and O–H groups in total. The van der Waals surface area contributed by atoms with Crippen LogP contribution in [-0.2, 0) is 12.8 Å². The van der Waals surface area contributed by atoms with E-state index < -0.39 is 0 Å². The van der Waals surface area contributed by atoms with E-state index in [1.54, 1.807) is 0 Å². The summed E-state index contributed by atoms with van der Waals surface area (Å²) in [6.45, 7) is 0. The van der Waals surface area contributed by atoms with Crippen LogP contribution in [0.15, 0.2) is 54.7 Å². The van der Waals surface area contributed by atoms with Crippen LogP contribution in [0, 0.1) is 0 Å². The molecule has 0 bridgehead atoms. The van der Waals surface area contributed by atoms with Crippen molar-refractivity contribution in [3.05, 3.63) is 65.9 Å². The van der Waals surface area contributed by atoms with Gasteiger partial charge in [0.05, 0.1) is 17.4 Å². The second kappa shape index (κ2) is 5.17. The van der Waals surface area contributed by atoms with Crippen molar-refractivity contribution < 1.29 is 0 Å². The molecule has 0 aliphatic heterocycles. The number of fused-ring (bicyclic) bond motifs is 2. The van der Waals surface area contributed by atoms with Gasteiger partial charge in [-0.2, -0.15) is 10.2 Å². The maximum absolute atomic E-state index is 4.18. The number of nitrogens with zero attached hydrogens (tertiary/aromatic N) is 2. The number of aromatic nitrogens is 2. The van der Waals surface area contributed by atoms with E-state index in [-0.39, 0.29) is 0 Å². The van der Waals surface area contributed by atoms with Crippen LogP contribution in [0.1, 0.15) is 17.5 Å². The second-order valence-electron chi connectivity index (χ2n) is 5.63. The second-order valence-corrected chi connectivity index (χ2v) is 5.63. The zero-order valence-corrected chi connectivity index (χ0v) is 11.8. The van der Waals surface area contributed by atoms with Crippen molar-refractivity contribution in [3.8, 4) is 0 Å². The summed E-state index contributed by atoms with van der Waals surface area (Å²) in [6.07, 6.45) is 5.22. The van der Waals surface area contributed by atoms with Crippen LogP contribution < -0.4 is 5.32 Å². The van der Waals surface area contributed by atoms with E-state index in [2.05, 4.69) is 45.8 Å². The first-order valence-corrected chi connectivity index (χ1v) is 7.44. The summed E-state index contributed by atoms with van der Waals surface area (Å²) in [7, 11) is 0. The van der Waals surface area contributed by atoms with Crippen LogP contribution in [0.2, 0.25) is 0 Å². The first-order chi connectivity index (χ1) is 10.4. The van der Waals surface area contributed by atoms with Gasteiger partial charge in [-0.1, -0.05) is 42.5 Å². The summed E-state index contributed by atoms with van der Waals surface area (Å²) < 4.78 is 0. The fourth-order valence-corrected chi connectivity index (χ4v) is 3.16. The van der Waals surface area contributed by atoms with Crippen LogP contribution in [0.3, 0.4) is 0 Å². The van der Waals surface area contributed by atoms with Gasteiger partial charge < -0.3 is 5.32 Å². The van der Waals surface area contributed by atoms with Crippen LogP contribution in [-0.4, -0.2) is 16.2 Å². The molecule has 21 heavy (non-hydrogen) atoms. The Bertz CT molecular complexity index is 777. The number of nitrogens with one attached hydrogen (secondary N) is 1. The third kappa shape index (κ3) is 2.35. The molecule has 1 atom stereocenters. The monoisotopic (exact) mass is 275 g/mol. The molecular formula is C18H17N3. The summed E-state index contributed by atoms with van der Waals surface area (Å²) in [4.78, 5) is 0. The molecule has 0 fully saturated rings. The van der Waals surface area contributed by atoms with Gasteiger partial charge in [-0.15, -0.1) is 0 Å². The summed E-state index contributed by atoms with van der Waals surface area (Å²) in [5, 5.41) is 13.1. The maximum Gasteiger partial charge on any atom is 0.0950 e. The van der Waals surface area contributed by atoms with E-state index in [0.717, 1.165) is 35.9 Å². The largest absolute Gasteiger partial charge is 0.380 e. The van der Waals surface area contributed by atoms with Crippen molar-refractivity contribution in [1.29, 1.82) is 0 Å². The minimum Gasteiger partial charge on any atom is -0.380 e. The van der Waals surface area contributed by atoms with Gasteiger partial charge in [0, 0.05) is 11.4 Å². The predicted molar refractivity (Wildman–Crippen MR) is 85.4 cm³/mol. The molecule has 3 nitrogen and oxygen atoms in total. The van der Waals surface area contributed by atoms with E-state index >= 15 is 0 Å². The topological polar surface area (TPSA) is 37.8 Å². The first-order valence-electron chi connectivity index (χ1n) is 7.44. The van der Waals surface area contributed by atoms with Gasteiger partial charge in [-0.25, -0.2) is 0 Å². The molecule has 3 heteroatoms. The fraction of sp³-hybridized carbons (Fsp3) is 0.222. The molecule has 0 saturated carbocycles. The van der Waals surface area contributed by atoms with Gasteiger partial charge in [0.2, 0.25) is 0 Å². The fourth-order valence-electron chi connectivity index (χ4n) is 3.16. The molecule has 0 spiro atoms. The molecule has 1 aliphatic rings. The average Bonchev–Trinajstić information content (AvgIpc) is 2.55. The molecule has 4 rings (SSSR count). The lowest BCUT2D eigenvalue weighted by atomic mass is 9.88. The van der Waals surface area contributed by atoms with Crippen molar-refractivity contribution in [2.45, 2.75) is 25.3 Å². The molecule has 1 aliphatic carbocycles. The van der Waals surface area contributed by atoms with Crippen LogP contribution >= 0.6 is 0 Å². The van der Waals surface area contributed by atoms with E-state index in [1.165, 1.54) is 11.1 Å². The highest BCUT2D eigenvalue weighted by Gasteiger charge is 2.18. The smallest absolute Gasteiger partial charge is 0.0950 e. The highest BCUT2D eigenvalue weighted by Crippen LogP contribution is 2.26. The van der Waals surface area contributed by atoms with Crippen LogP contribution in [0.5, 0.6) is 0 Å². The maximum atomic E-state index is 4.18. The number of hydrogen-bond acceptors (Lipinski definition) is 3. The normalized spacial score (nSPS) is 17.4. The van der Waals surface area contributed by atoms with Gasteiger partial charge in [0.15, 0.2) is 0 Å². The Kier molecular flexibility index (Phi) is 3.03. The van der Waals surface area contributed by atoms with Gasteiger partial charge in [-0.05, 0) is 36.5 Å². The lowest BCUT2D eigenvalue weighted by Crippen LogP contribution is -2.27. The van der Waals surface area contributed by atoms with E-state index in [1.807, 2.05) is 24.4 Å². The van der Waals surface area contributed by atoms with Crippen molar-refractivity contribution in [1.82, 2.24) is 10.2 Å². The van der Waals surface area contributed by atoms with Gasteiger partial charge >= 0.3 is 0 Å². The summed E-state index contributed by atoms with van der Waals surface area (Å²) in [5.74, 6) is 0. The summed E-state index contributed by atoms with van der Waals surface area (Å²) in [5.41, 5.74) is 4.99. The Hall–Kier alpha value is -2.42. The molecule has 1 unspecified atom stereocenters. The Morgan fingerprint density at radius 2 is 1.76 bits per heavy atom. The standard InChI is InChI=1S/C18H17N3/c1-2-6-14-11-15(10-9-13(14)5-1)20-18-12-19-21-17-8-4-3-7-16(17)18/h1-8,12,15H,9-11H2,(H,20,21). The minimum absolute atomic E-state index is 0.465. The number of anilines is 1. The van der Waals surface area contributed by atoms with Crippen LogP contribution in [0.4, 0.5) is 5.69 Å². The SMILES string of the molecule is c1ccc2c(c1)CCC(Nc1cnnc3ccccc13)C2. The number of hydrogen-bond donors (Lipinski definition) is 1. The van der Waals surface area contributed by atoms with Crippen LogP contribution in [0.25, 0.3) is 10.9 Å². The van der Waals surface area contributed by atoms with E-state index in [9.17, 15) is 0 Å².